The van der Waals surface area contributed by atoms with Gasteiger partial charge in [0.25, 0.3) is 0 Å². The van der Waals surface area contributed by atoms with Crippen LogP contribution >= 0.6 is 0 Å². The Hall–Kier alpha value is -1.50. The molecule has 21 heavy (non-hydrogen) atoms. The van der Waals surface area contributed by atoms with Gasteiger partial charge in [-0.15, -0.1) is 0 Å². The van der Waals surface area contributed by atoms with Crippen LogP contribution in [-0.4, -0.2) is 42.9 Å². The summed E-state index contributed by atoms with van der Waals surface area (Å²) in [6, 6.07) is 7.72. The Bertz CT molecular complexity index is 472. The fraction of sp³-hybridized carbons (Fsp3) is 0.556. The minimum Gasteiger partial charge on any atom is -0.492 e. The molecule has 2 rings (SSSR count). The fourth-order valence-corrected chi connectivity index (χ4v) is 2.61. The molecular formula is C18H25NO2. The molecule has 1 unspecified atom stereocenters. The van der Waals surface area contributed by atoms with E-state index in [9.17, 15) is 0 Å². The van der Waals surface area contributed by atoms with Gasteiger partial charge in [0.1, 0.15) is 19.0 Å². The van der Waals surface area contributed by atoms with Gasteiger partial charge in [-0.2, -0.15) is 0 Å². The molecule has 1 aliphatic heterocycles. The molecule has 0 aromatic heterocycles. The number of aliphatic hydroxyl groups is 1. The highest BCUT2D eigenvalue weighted by atomic mass is 16.5. The molecule has 0 amide bonds. The third-order valence-electron chi connectivity index (χ3n) is 3.95. The maximum atomic E-state index is 8.66. The van der Waals surface area contributed by atoms with Crippen LogP contribution < -0.4 is 4.74 Å². The van der Waals surface area contributed by atoms with E-state index in [2.05, 4.69) is 23.7 Å². The van der Waals surface area contributed by atoms with Gasteiger partial charge in [0.05, 0.1) is 0 Å². The monoisotopic (exact) mass is 287 g/mol. The van der Waals surface area contributed by atoms with Crippen molar-refractivity contribution in [2.75, 3.05) is 32.8 Å². The van der Waals surface area contributed by atoms with Gasteiger partial charge in [0.15, 0.2) is 0 Å². The van der Waals surface area contributed by atoms with Crippen LogP contribution in [0.3, 0.4) is 0 Å². The molecule has 3 nitrogen and oxygen atoms in total. The largest absolute Gasteiger partial charge is 0.492 e. The van der Waals surface area contributed by atoms with E-state index in [1.54, 1.807) is 0 Å². The van der Waals surface area contributed by atoms with Gasteiger partial charge in [0, 0.05) is 12.1 Å². The zero-order valence-corrected chi connectivity index (χ0v) is 12.8. The summed E-state index contributed by atoms with van der Waals surface area (Å²) in [4.78, 5) is 2.50. The first-order valence-electron chi connectivity index (χ1n) is 7.83. The summed E-state index contributed by atoms with van der Waals surface area (Å²) in [5, 5.41) is 8.66. The molecule has 0 spiro atoms. The minimum absolute atomic E-state index is 0.104. The molecule has 1 aliphatic rings. The summed E-state index contributed by atoms with van der Waals surface area (Å²) < 4.78 is 5.80. The number of aliphatic hydroxyl groups excluding tert-OH is 1. The molecule has 0 radical (unpaired) electrons. The first-order chi connectivity index (χ1) is 10.3. The van der Waals surface area contributed by atoms with Crippen LogP contribution in [-0.2, 0) is 0 Å². The summed E-state index contributed by atoms with van der Waals surface area (Å²) >= 11 is 0. The molecular weight excluding hydrogens is 262 g/mol. The molecule has 3 heteroatoms. The average Bonchev–Trinajstić information content (AvgIpc) is 2.71. The van der Waals surface area contributed by atoms with Gasteiger partial charge in [-0.05, 0) is 62.5 Å². The van der Waals surface area contributed by atoms with E-state index in [0.29, 0.717) is 0 Å². The van der Waals surface area contributed by atoms with Gasteiger partial charge in [0.2, 0.25) is 0 Å². The molecule has 1 aromatic rings. The second-order valence-corrected chi connectivity index (χ2v) is 5.71. The molecule has 0 saturated carbocycles. The highest BCUT2D eigenvalue weighted by Gasteiger charge is 2.13. The maximum absolute atomic E-state index is 8.66. The quantitative estimate of drug-likeness (QED) is 0.864. The molecule has 1 heterocycles. The van der Waals surface area contributed by atoms with Gasteiger partial charge in [-0.25, -0.2) is 0 Å². The van der Waals surface area contributed by atoms with E-state index in [1.807, 2.05) is 24.3 Å². The Morgan fingerprint density at radius 2 is 2.05 bits per heavy atom. The van der Waals surface area contributed by atoms with Crippen LogP contribution in [0.5, 0.6) is 5.75 Å². The topological polar surface area (TPSA) is 32.7 Å². The summed E-state index contributed by atoms with van der Waals surface area (Å²) in [5.41, 5.74) is 0.901. The third-order valence-corrected chi connectivity index (χ3v) is 3.95. The van der Waals surface area contributed by atoms with Gasteiger partial charge >= 0.3 is 0 Å². The molecule has 1 atom stereocenters. The fourth-order valence-electron chi connectivity index (χ4n) is 2.61. The van der Waals surface area contributed by atoms with Crippen LogP contribution in [0.25, 0.3) is 0 Å². The number of likely N-dealkylation sites (tertiary alicyclic amines) is 1. The minimum atomic E-state index is -0.104. The number of benzene rings is 1. The Kier molecular flexibility index (Phi) is 6.59. The van der Waals surface area contributed by atoms with E-state index in [1.165, 1.54) is 32.4 Å². The first kappa shape index (κ1) is 15.9. The van der Waals surface area contributed by atoms with Crippen molar-refractivity contribution in [2.24, 2.45) is 5.92 Å². The zero-order chi connectivity index (χ0) is 14.9. The summed E-state index contributed by atoms with van der Waals surface area (Å²) in [5.74, 6) is 7.26. The number of nitrogens with zero attached hydrogens (tertiary/aromatic N) is 1. The predicted octanol–water partition coefficient (Wildman–Crippen LogP) is 2.53. The Balaban J connectivity index is 1.73. The van der Waals surface area contributed by atoms with Crippen molar-refractivity contribution >= 4 is 0 Å². The van der Waals surface area contributed by atoms with E-state index in [-0.39, 0.29) is 6.61 Å². The lowest BCUT2D eigenvalue weighted by molar-refractivity contribution is 0.212. The number of rotatable bonds is 4. The summed E-state index contributed by atoms with van der Waals surface area (Å²) in [6.07, 6.45) is 3.96. The van der Waals surface area contributed by atoms with E-state index < -0.39 is 0 Å². The lowest BCUT2D eigenvalue weighted by atomic mass is 10.0. The van der Waals surface area contributed by atoms with Crippen molar-refractivity contribution in [1.29, 1.82) is 0 Å². The van der Waals surface area contributed by atoms with Gasteiger partial charge in [-0.1, -0.05) is 18.8 Å². The van der Waals surface area contributed by atoms with E-state index in [0.717, 1.165) is 30.4 Å². The predicted molar refractivity (Wildman–Crippen MR) is 85.4 cm³/mol. The molecule has 1 N–H and O–H groups in total. The highest BCUT2D eigenvalue weighted by molar-refractivity contribution is 5.38. The van der Waals surface area contributed by atoms with Crippen molar-refractivity contribution < 1.29 is 9.84 Å². The second kappa shape index (κ2) is 8.71. The molecule has 1 aromatic carbocycles. The zero-order valence-electron chi connectivity index (χ0n) is 12.8. The highest BCUT2D eigenvalue weighted by Crippen LogP contribution is 2.16. The van der Waals surface area contributed by atoms with E-state index in [4.69, 9.17) is 9.84 Å². The molecule has 1 saturated heterocycles. The van der Waals surface area contributed by atoms with Crippen molar-refractivity contribution in [1.82, 2.24) is 4.90 Å². The molecule has 114 valence electrons. The van der Waals surface area contributed by atoms with Crippen molar-refractivity contribution in [3.8, 4) is 17.6 Å². The van der Waals surface area contributed by atoms with Gasteiger partial charge < -0.3 is 9.84 Å². The molecule has 1 fully saturated rings. The van der Waals surface area contributed by atoms with Crippen molar-refractivity contribution in [3.05, 3.63) is 29.8 Å². The van der Waals surface area contributed by atoms with Crippen LogP contribution in [0.1, 0.15) is 31.7 Å². The SMILES string of the molecule is CC1CCCN(CCOc2ccc(C#CCO)cc2)CC1. The summed E-state index contributed by atoms with van der Waals surface area (Å²) in [6.45, 7) is 6.37. The number of ether oxygens (including phenoxy) is 1. The number of hydrogen-bond acceptors (Lipinski definition) is 3. The standard InChI is InChI=1S/C18H25NO2/c1-16-4-2-11-19(12-10-16)13-15-21-18-8-6-17(7-9-18)5-3-14-20/h6-9,16,20H,2,4,10-15H2,1H3. The molecule has 0 bridgehead atoms. The first-order valence-corrected chi connectivity index (χ1v) is 7.83. The Morgan fingerprint density at radius 1 is 1.24 bits per heavy atom. The molecule has 0 aliphatic carbocycles. The number of hydrogen-bond donors (Lipinski definition) is 1. The van der Waals surface area contributed by atoms with Crippen LogP contribution in [0.4, 0.5) is 0 Å². The Labute approximate surface area is 127 Å². The third kappa shape index (κ3) is 5.79. The van der Waals surface area contributed by atoms with Crippen LogP contribution in [0, 0.1) is 17.8 Å². The van der Waals surface area contributed by atoms with Crippen molar-refractivity contribution in [2.45, 2.75) is 26.2 Å². The van der Waals surface area contributed by atoms with E-state index >= 15 is 0 Å². The normalized spacial score (nSPS) is 19.4. The average molecular weight is 287 g/mol. The Morgan fingerprint density at radius 3 is 2.81 bits per heavy atom. The van der Waals surface area contributed by atoms with Crippen LogP contribution in [0.2, 0.25) is 0 Å². The maximum Gasteiger partial charge on any atom is 0.119 e. The summed E-state index contributed by atoms with van der Waals surface area (Å²) in [7, 11) is 0. The lowest BCUT2D eigenvalue weighted by Crippen LogP contribution is -2.29. The van der Waals surface area contributed by atoms with Crippen molar-refractivity contribution in [3.63, 3.8) is 0 Å². The smallest absolute Gasteiger partial charge is 0.119 e. The second-order valence-electron chi connectivity index (χ2n) is 5.71. The lowest BCUT2D eigenvalue weighted by Gasteiger charge is -2.19. The van der Waals surface area contributed by atoms with Crippen LogP contribution in [0.15, 0.2) is 24.3 Å². The van der Waals surface area contributed by atoms with Gasteiger partial charge in [-0.3, -0.25) is 4.90 Å².